The van der Waals surface area contributed by atoms with Crippen LogP contribution in [0, 0.1) is 0 Å². The van der Waals surface area contributed by atoms with Gasteiger partial charge in [-0.05, 0) is 51.3 Å². The zero-order chi connectivity index (χ0) is 19.3. The third kappa shape index (κ3) is 9.28. The lowest BCUT2D eigenvalue weighted by Gasteiger charge is -2.28. The Bertz CT molecular complexity index is 553. The molecule has 1 fully saturated rings. The van der Waals surface area contributed by atoms with Crippen molar-refractivity contribution in [1.82, 2.24) is 4.90 Å². The highest BCUT2D eigenvalue weighted by molar-refractivity contribution is 5.59. The lowest BCUT2D eigenvalue weighted by Crippen LogP contribution is -2.67. The van der Waals surface area contributed by atoms with Crippen LogP contribution in [0.5, 0.6) is 0 Å². The van der Waals surface area contributed by atoms with Gasteiger partial charge in [-0.3, -0.25) is 4.90 Å². The van der Waals surface area contributed by atoms with Crippen molar-refractivity contribution in [3.05, 3.63) is 29.8 Å². The van der Waals surface area contributed by atoms with E-state index in [1.54, 1.807) is 0 Å². The Labute approximate surface area is 165 Å². The molecule has 0 saturated carbocycles. The number of nitrogens with one attached hydrogen (secondary N) is 1. The lowest BCUT2D eigenvalue weighted by molar-refractivity contribution is -0.383. The molecular formula is C23H39N2O2+. The van der Waals surface area contributed by atoms with Gasteiger partial charge >= 0.3 is 6.08 Å². The number of aliphatic hydroxyl groups is 1. The third-order valence-electron chi connectivity index (χ3n) is 5.27. The quantitative estimate of drug-likeness (QED) is 0.348. The van der Waals surface area contributed by atoms with E-state index < -0.39 is 0 Å². The fraction of sp³-hybridized carbons (Fsp3) is 0.696. The van der Waals surface area contributed by atoms with E-state index in [4.69, 9.17) is 4.74 Å². The molecule has 2 N–H and O–H groups in total. The standard InChI is InChI=1S/C23H38N2O2/c1-3-4-5-6-7-9-13-21-14-12-15-22(18-21)24-23(26)27-20(2)19-25-16-10-8-11-17-25/h12,14-15,18,20H,3-11,13,16-17,19H2,1-2H3,(H,24,26)/p+1/t20-/m0/s1. The van der Waals surface area contributed by atoms with Crippen LogP contribution in [-0.2, 0) is 11.2 Å². The van der Waals surface area contributed by atoms with Gasteiger partial charge in [-0.25, -0.2) is 0 Å². The first-order chi connectivity index (χ1) is 13.2. The van der Waals surface area contributed by atoms with Gasteiger partial charge in [0.25, 0.3) is 0 Å². The Hall–Kier alpha value is -1.55. The van der Waals surface area contributed by atoms with Crippen LogP contribution in [0.1, 0.15) is 77.2 Å². The molecule has 0 amide bonds. The van der Waals surface area contributed by atoms with Crippen molar-refractivity contribution >= 4 is 11.8 Å². The number of nitrogens with zero attached hydrogens (tertiary/aromatic N) is 1. The number of hydrogen-bond acceptors (Lipinski definition) is 2. The van der Waals surface area contributed by atoms with Gasteiger partial charge in [-0.15, -0.1) is 4.99 Å². The average molecular weight is 376 g/mol. The van der Waals surface area contributed by atoms with E-state index in [1.807, 2.05) is 19.1 Å². The zero-order valence-electron chi connectivity index (χ0n) is 17.4. The molecule has 0 radical (unpaired) electrons. The van der Waals surface area contributed by atoms with E-state index in [0.717, 1.165) is 31.7 Å². The zero-order valence-corrected chi connectivity index (χ0v) is 17.4. The number of likely N-dealkylation sites (tertiary alicyclic amines) is 1. The van der Waals surface area contributed by atoms with Crippen LogP contribution in [0.25, 0.3) is 0 Å². The van der Waals surface area contributed by atoms with Crippen LogP contribution in [-0.4, -0.2) is 41.8 Å². The van der Waals surface area contributed by atoms with Crippen LogP contribution in [0.3, 0.4) is 0 Å². The number of rotatable bonds is 11. The van der Waals surface area contributed by atoms with Gasteiger partial charge in [0.05, 0.1) is 0 Å². The number of aryl methyl sites for hydroxylation is 1. The first-order valence-electron chi connectivity index (χ1n) is 11.0. The minimum atomic E-state index is -0.101. The summed E-state index contributed by atoms with van der Waals surface area (Å²) in [7, 11) is 0. The van der Waals surface area contributed by atoms with Gasteiger partial charge in [0.2, 0.25) is 5.69 Å². The predicted molar refractivity (Wildman–Crippen MR) is 113 cm³/mol. The van der Waals surface area contributed by atoms with Gasteiger partial charge in [0, 0.05) is 18.7 Å². The molecule has 0 unspecified atom stereocenters. The first-order valence-corrected chi connectivity index (χ1v) is 11.0. The Kier molecular flexibility index (Phi) is 10.3. The molecule has 1 saturated heterocycles. The average Bonchev–Trinajstić information content (AvgIpc) is 2.65. The molecule has 152 valence electrons. The maximum Gasteiger partial charge on any atom is 0.551 e. The Morgan fingerprint density at radius 1 is 1.11 bits per heavy atom. The molecule has 1 aliphatic rings. The number of ether oxygens (including phenoxy) is 1. The van der Waals surface area contributed by atoms with Crippen LogP contribution >= 0.6 is 0 Å². The third-order valence-corrected chi connectivity index (χ3v) is 5.27. The van der Waals surface area contributed by atoms with Crippen LogP contribution in [0.2, 0.25) is 0 Å². The van der Waals surface area contributed by atoms with Crippen molar-refractivity contribution in [3.8, 4) is 0 Å². The van der Waals surface area contributed by atoms with E-state index in [0.29, 0.717) is 0 Å². The molecular weight excluding hydrogens is 336 g/mol. The summed E-state index contributed by atoms with van der Waals surface area (Å²) >= 11 is 0. The van der Waals surface area contributed by atoms with Crippen LogP contribution < -0.4 is 4.99 Å². The monoisotopic (exact) mass is 375 g/mol. The molecule has 0 aromatic heterocycles. The minimum absolute atomic E-state index is 0.0260. The number of hydrogen-bond donors (Lipinski definition) is 2. The van der Waals surface area contributed by atoms with Gasteiger partial charge in [0.1, 0.15) is 6.10 Å². The smallest absolute Gasteiger partial charge is 0.430 e. The summed E-state index contributed by atoms with van der Waals surface area (Å²) in [6.07, 6.45) is 12.7. The van der Waals surface area contributed by atoms with E-state index in [1.165, 1.54) is 63.4 Å². The first kappa shape index (κ1) is 21.7. The number of benzene rings is 1. The second-order valence-corrected chi connectivity index (χ2v) is 7.94. The summed E-state index contributed by atoms with van der Waals surface area (Å²) in [6.45, 7) is 7.42. The maximum atomic E-state index is 10.2. The molecule has 0 bridgehead atoms. The van der Waals surface area contributed by atoms with Crippen LogP contribution in [0.4, 0.5) is 5.69 Å². The molecule has 0 spiro atoms. The topological polar surface area (TPSA) is 46.7 Å². The molecule has 2 rings (SSSR count). The molecule has 1 heterocycles. The SMILES string of the molecule is CCCCCCCCc1cccc([NH+]=C(O)O[C@@H](C)CN2CCCCC2)c1. The molecule has 1 atom stereocenters. The summed E-state index contributed by atoms with van der Waals surface area (Å²) in [6, 6.07) is 8.29. The van der Waals surface area contributed by atoms with Crippen molar-refractivity contribution in [2.45, 2.75) is 84.2 Å². The summed E-state index contributed by atoms with van der Waals surface area (Å²) in [5.74, 6) is 0. The summed E-state index contributed by atoms with van der Waals surface area (Å²) < 4.78 is 5.65. The van der Waals surface area contributed by atoms with Crippen molar-refractivity contribution in [2.24, 2.45) is 0 Å². The number of aliphatic hydroxyl groups excluding tert-OH is 1. The van der Waals surface area contributed by atoms with Crippen molar-refractivity contribution < 1.29 is 14.8 Å². The van der Waals surface area contributed by atoms with Gasteiger partial charge < -0.3 is 9.84 Å². The highest BCUT2D eigenvalue weighted by atomic mass is 16.6. The lowest BCUT2D eigenvalue weighted by atomic mass is 10.0. The summed E-state index contributed by atoms with van der Waals surface area (Å²) in [5, 5.41) is 10.2. The molecule has 27 heavy (non-hydrogen) atoms. The fourth-order valence-corrected chi connectivity index (χ4v) is 3.80. The van der Waals surface area contributed by atoms with Crippen LogP contribution in [0.15, 0.2) is 24.3 Å². The van der Waals surface area contributed by atoms with E-state index in [-0.39, 0.29) is 12.2 Å². The van der Waals surface area contributed by atoms with E-state index in [2.05, 4.69) is 28.9 Å². The maximum absolute atomic E-state index is 10.2. The van der Waals surface area contributed by atoms with Gasteiger partial charge in [-0.1, -0.05) is 57.6 Å². The van der Waals surface area contributed by atoms with Gasteiger partial charge in [-0.2, -0.15) is 0 Å². The van der Waals surface area contributed by atoms with Gasteiger partial charge in [0.15, 0.2) is 0 Å². The highest BCUT2D eigenvalue weighted by Gasteiger charge is 2.17. The van der Waals surface area contributed by atoms with Crippen molar-refractivity contribution in [1.29, 1.82) is 0 Å². The van der Waals surface area contributed by atoms with E-state index in [9.17, 15) is 5.11 Å². The molecule has 1 aromatic carbocycles. The molecule has 0 aliphatic carbocycles. The number of unbranched alkanes of at least 4 members (excludes halogenated alkanes) is 5. The van der Waals surface area contributed by atoms with E-state index >= 15 is 0 Å². The second kappa shape index (κ2) is 12.8. The summed E-state index contributed by atoms with van der Waals surface area (Å²) in [5.41, 5.74) is 2.20. The fourth-order valence-electron chi connectivity index (χ4n) is 3.80. The molecule has 4 heteroatoms. The second-order valence-electron chi connectivity index (χ2n) is 7.94. The predicted octanol–water partition coefficient (Wildman–Crippen LogP) is 4.11. The molecule has 4 nitrogen and oxygen atoms in total. The Balaban J connectivity index is 1.75. The Morgan fingerprint density at radius 3 is 2.63 bits per heavy atom. The molecule has 1 aliphatic heterocycles. The minimum Gasteiger partial charge on any atom is -0.430 e. The normalized spacial score (nSPS) is 17.0. The largest absolute Gasteiger partial charge is 0.551 e. The highest BCUT2D eigenvalue weighted by Crippen LogP contribution is 2.12. The number of piperidine rings is 1. The Morgan fingerprint density at radius 2 is 1.85 bits per heavy atom. The van der Waals surface area contributed by atoms with Crippen molar-refractivity contribution in [3.63, 3.8) is 0 Å². The van der Waals surface area contributed by atoms with Crippen molar-refractivity contribution in [2.75, 3.05) is 19.6 Å². The summed E-state index contributed by atoms with van der Waals surface area (Å²) in [4.78, 5) is 5.42. The molecule has 1 aromatic rings.